The van der Waals surface area contributed by atoms with E-state index in [-0.39, 0.29) is 10.6 Å². The van der Waals surface area contributed by atoms with Crippen molar-refractivity contribution in [2.45, 2.75) is 25.1 Å². The Hall–Kier alpha value is -0.740. The minimum Gasteiger partial charge on any atom is -0.398 e. The van der Waals surface area contributed by atoms with Gasteiger partial charge in [0.05, 0.1) is 0 Å². The summed E-state index contributed by atoms with van der Waals surface area (Å²) in [5.41, 5.74) is 7.45. The van der Waals surface area contributed by atoms with E-state index in [1.54, 1.807) is 12.1 Å². The summed E-state index contributed by atoms with van der Waals surface area (Å²) in [6.07, 6.45) is 0. The van der Waals surface area contributed by atoms with E-state index in [0.29, 0.717) is 5.69 Å². The molecule has 0 radical (unpaired) electrons. The maximum Gasteiger partial charge on any atom is 0.123 e. The molecule has 1 heterocycles. The van der Waals surface area contributed by atoms with Crippen molar-refractivity contribution in [3.8, 4) is 0 Å². The van der Waals surface area contributed by atoms with Crippen molar-refractivity contribution < 1.29 is 4.39 Å². The molecule has 0 atom stereocenters. The number of hydrogen-bond acceptors (Lipinski definition) is 3. The minimum atomic E-state index is -0.208. The molecule has 0 unspecified atom stereocenters. The SMILES string of the molecule is CC1(C)CN(Cc2cc(F)ccc2N)CCS1. The summed E-state index contributed by atoms with van der Waals surface area (Å²) >= 11 is 2.00. The Bertz CT molecular complexity index is 406. The van der Waals surface area contributed by atoms with Gasteiger partial charge in [-0.1, -0.05) is 0 Å². The molecule has 2 nitrogen and oxygen atoms in total. The van der Waals surface area contributed by atoms with Crippen molar-refractivity contribution >= 4 is 17.4 Å². The van der Waals surface area contributed by atoms with Gasteiger partial charge in [0, 0.05) is 35.8 Å². The second-order valence-corrected chi connectivity index (χ2v) is 6.96. The van der Waals surface area contributed by atoms with Gasteiger partial charge >= 0.3 is 0 Å². The molecule has 1 aliphatic rings. The quantitative estimate of drug-likeness (QED) is 0.823. The molecule has 1 saturated heterocycles. The number of nitrogen functional groups attached to an aromatic ring is 1. The molecular weight excluding hydrogens is 235 g/mol. The summed E-state index contributed by atoms with van der Waals surface area (Å²) in [7, 11) is 0. The third kappa shape index (κ3) is 3.36. The zero-order valence-corrected chi connectivity index (χ0v) is 11.2. The summed E-state index contributed by atoms with van der Waals surface area (Å²) in [5, 5.41) is 0. The third-order valence-corrected chi connectivity index (χ3v) is 4.30. The first-order valence-corrected chi connectivity index (χ1v) is 6.85. The highest BCUT2D eigenvalue weighted by Gasteiger charge is 2.27. The van der Waals surface area contributed by atoms with Crippen LogP contribution in [0.25, 0.3) is 0 Å². The Morgan fingerprint density at radius 1 is 1.47 bits per heavy atom. The zero-order chi connectivity index (χ0) is 12.5. The summed E-state index contributed by atoms with van der Waals surface area (Å²) in [5.74, 6) is 0.919. The topological polar surface area (TPSA) is 29.3 Å². The lowest BCUT2D eigenvalue weighted by molar-refractivity contribution is 0.252. The predicted molar refractivity (Wildman–Crippen MR) is 72.6 cm³/mol. The van der Waals surface area contributed by atoms with Gasteiger partial charge in [-0.2, -0.15) is 11.8 Å². The largest absolute Gasteiger partial charge is 0.398 e. The monoisotopic (exact) mass is 254 g/mol. The van der Waals surface area contributed by atoms with Crippen LogP contribution < -0.4 is 5.73 Å². The molecule has 1 fully saturated rings. The van der Waals surface area contributed by atoms with E-state index in [1.807, 2.05) is 11.8 Å². The van der Waals surface area contributed by atoms with Crippen LogP contribution in [0.5, 0.6) is 0 Å². The van der Waals surface area contributed by atoms with E-state index in [0.717, 1.165) is 31.0 Å². The number of anilines is 1. The molecule has 1 aliphatic heterocycles. The Balaban J connectivity index is 2.07. The van der Waals surface area contributed by atoms with Crippen molar-refractivity contribution in [3.63, 3.8) is 0 Å². The molecular formula is C13H19FN2S. The smallest absolute Gasteiger partial charge is 0.123 e. The number of benzene rings is 1. The molecule has 1 aromatic carbocycles. The molecule has 4 heteroatoms. The molecule has 2 N–H and O–H groups in total. The molecule has 0 bridgehead atoms. The van der Waals surface area contributed by atoms with E-state index in [9.17, 15) is 4.39 Å². The van der Waals surface area contributed by atoms with Crippen molar-refractivity contribution in [2.75, 3.05) is 24.6 Å². The molecule has 0 aliphatic carbocycles. The van der Waals surface area contributed by atoms with Gasteiger partial charge in [0.15, 0.2) is 0 Å². The van der Waals surface area contributed by atoms with Crippen molar-refractivity contribution in [2.24, 2.45) is 0 Å². The summed E-state index contributed by atoms with van der Waals surface area (Å²) in [4.78, 5) is 2.35. The first-order valence-electron chi connectivity index (χ1n) is 5.86. The van der Waals surface area contributed by atoms with Gasteiger partial charge in [-0.15, -0.1) is 0 Å². The lowest BCUT2D eigenvalue weighted by Crippen LogP contribution is -2.42. The van der Waals surface area contributed by atoms with E-state index in [2.05, 4.69) is 18.7 Å². The third-order valence-electron chi connectivity index (χ3n) is 3.00. The van der Waals surface area contributed by atoms with Gasteiger partial charge in [-0.25, -0.2) is 4.39 Å². The van der Waals surface area contributed by atoms with Crippen LogP contribution in [-0.4, -0.2) is 28.5 Å². The highest BCUT2D eigenvalue weighted by molar-refractivity contribution is 8.00. The highest BCUT2D eigenvalue weighted by atomic mass is 32.2. The number of rotatable bonds is 2. The van der Waals surface area contributed by atoms with Crippen molar-refractivity contribution in [1.29, 1.82) is 0 Å². The van der Waals surface area contributed by atoms with Crippen LogP contribution in [0.4, 0.5) is 10.1 Å². The van der Waals surface area contributed by atoms with E-state index in [1.165, 1.54) is 6.07 Å². The van der Waals surface area contributed by atoms with Crippen LogP contribution in [-0.2, 0) is 6.54 Å². The van der Waals surface area contributed by atoms with Gasteiger partial charge in [-0.05, 0) is 37.6 Å². The first kappa shape index (κ1) is 12.7. The van der Waals surface area contributed by atoms with Crippen molar-refractivity contribution in [1.82, 2.24) is 4.90 Å². The maximum atomic E-state index is 13.2. The first-order chi connectivity index (χ1) is 7.96. The average Bonchev–Trinajstić information content (AvgIpc) is 2.22. The Labute approximate surface area is 106 Å². The molecule has 17 heavy (non-hydrogen) atoms. The Kier molecular flexibility index (Phi) is 3.64. The molecule has 0 aromatic heterocycles. The fourth-order valence-corrected chi connectivity index (χ4v) is 3.38. The molecule has 2 rings (SSSR count). The fraction of sp³-hybridized carbons (Fsp3) is 0.538. The van der Waals surface area contributed by atoms with E-state index in [4.69, 9.17) is 5.73 Å². The van der Waals surface area contributed by atoms with Crippen molar-refractivity contribution in [3.05, 3.63) is 29.6 Å². The van der Waals surface area contributed by atoms with Gasteiger partial charge in [0.2, 0.25) is 0 Å². The maximum absolute atomic E-state index is 13.2. The van der Waals surface area contributed by atoms with Crippen LogP contribution in [0.15, 0.2) is 18.2 Å². The average molecular weight is 254 g/mol. The summed E-state index contributed by atoms with van der Waals surface area (Å²) in [6, 6.07) is 4.60. The molecule has 94 valence electrons. The van der Waals surface area contributed by atoms with Crippen LogP contribution in [0.2, 0.25) is 0 Å². The number of hydrogen-bond donors (Lipinski definition) is 1. The van der Waals surface area contributed by atoms with Gasteiger partial charge in [0.1, 0.15) is 5.82 Å². The van der Waals surface area contributed by atoms with Gasteiger partial charge in [0.25, 0.3) is 0 Å². The lowest BCUT2D eigenvalue weighted by Gasteiger charge is -2.37. The number of thioether (sulfide) groups is 1. The molecule has 0 spiro atoms. The molecule has 0 amide bonds. The highest BCUT2D eigenvalue weighted by Crippen LogP contribution is 2.30. The molecule has 0 saturated carbocycles. The van der Waals surface area contributed by atoms with Crippen LogP contribution in [0.3, 0.4) is 0 Å². The normalized spacial score (nSPS) is 20.4. The van der Waals surface area contributed by atoms with Crippen LogP contribution in [0.1, 0.15) is 19.4 Å². The second kappa shape index (κ2) is 4.86. The number of halogens is 1. The Morgan fingerprint density at radius 3 is 2.94 bits per heavy atom. The van der Waals surface area contributed by atoms with Crippen LogP contribution >= 0.6 is 11.8 Å². The van der Waals surface area contributed by atoms with E-state index < -0.39 is 0 Å². The minimum absolute atomic E-state index is 0.208. The van der Waals surface area contributed by atoms with Gasteiger partial charge in [-0.3, -0.25) is 4.90 Å². The number of nitrogens with zero attached hydrogens (tertiary/aromatic N) is 1. The standard InChI is InChI=1S/C13H19FN2S/c1-13(2)9-16(5-6-17-13)8-10-7-11(14)3-4-12(10)15/h3-4,7H,5-6,8-9,15H2,1-2H3. The lowest BCUT2D eigenvalue weighted by atomic mass is 10.1. The zero-order valence-electron chi connectivity index (χ0n) is 10.4. The Morgan fingerprint density at radius 2 is 2.24 bits per heavy atom. The predicted octanol–water partition coefficient (Wildman–Crippen LogP) is 2.74. The fourth-order valence-electron chi connectivity index (χ4n) is 2.20. The summed E-state index contributed by atoms with van der Waals surface area (Å²) in [6.45, 7) is 7.31. The van der Waals surface area contributed by atoms with Crippen LogP contribution in [0, 0.1) is 5.82 Å². The second-order valence-electron chi connectivity index (χ2n) is 5.16. The summed E-state index contributed by atoms with van der Waals surface area (Å²) < 4.78 is 13.5. The van der Waals surface area contributed by atoms with Gasteiger partial charge < -0.3 is 5.73 Å². The van der Waals surface area contributed by atoms with E-state index >= 15 is 0 Å². The molecule has 1 aromatic rings. The number of nitrogens with two attached hydrogens (primary N) is 1.